The van der Waals surface area contributed by atoms with Gasteiger partial charge in [-0.15, -0.1) is 0 Å². The summed E-state index contributed by atoms with van der Waals surface area (Å²) in [7, 11) is 1.29. The molecule has 2 amide bonds. The van der Waals surface area contributed by atoms with Crippen LogP contribution in [-0.2, 0) is 25.5 Å². The van der Waals surface area contributed by atoms with Crippen molar-refractivity contribution in [3.63, 3.8) is 0 Å². The molecule has 0 unspecified atom stereocenters. The van der Waals surface area contributed by atoms with Crippen LogP contribution in [-0.4, -0.2) is 71.6 Å². The smallest absolute Gasteiger partial charge is 0.410 e. The third kappa shape index (κ3) is 4.26. The van der Waals surface area contributed by atoms with E-state index in [-0.39, 0.29) is 25.0 Å². The lowest BCUT2D eigenvalue weighted by Gasteiger charge is -2.37. The highest BCUT2D eigenvalue weighted by molar-refractivity contribution is 5.84. The summed E-state index contributed by atoms with van der Waals surface area (Å²) in [5, 5.41) is 0. The van der Waals surface area contributed by atoms with Gasteiger partial charge < -0.3 is 18.8 Å². The maximum Gasteiger partial charge on any atom is 0.410 e. The normalized spacial score (nSPS) is 19.4. The number of nitrogens with zero attached hydrogens (tertiary/aromatic N) is 3. The SMILES string of the molecule is COC(=O)[C@H]1COC(=O)N1C1CCN(C(=O)Cc2nc(-c3ccccc3)oc2C)CC1. The van der Waals surface area contributed by atoms with Crippen molar-refractivity contribution < 1.29 is 28.3 Å². The first-order valence-electron chi connectivity index (χ1n) is 10.3. The summed E-state index contributed by atoms with van der Waals surface area (Å²) < 4.78 is 15.6. The molecule has 9 heteroatoms. The number of ether oxygens (including phenoxy) is 2. The van der Waals surface area contributed by atoms with E-state index in [1.165, 1.54) is 12.0 Å². The fraction of sp³-hybridized carbons (Fsp3) is 0.455. The van der Waals surface area contributed by atoms with Crippen LogP contribution in [0.4, 0.5) is 4.79 Å². The summed E-state index contributed by atoms with van der Waals surface area (Å²) in [5.74, 6) is 0.604. The average molecular weight is 427 g/mol. The van der Waals surface area contributed by atoms with Crippen LogP contribution < -0.4 is 0 Å². The predicted octanol–water partition coefficient (Wildman–Crippen LogP) is 2.18. The quantitative estimate of drug-likeness (QED) is 0.674. The molecule has 2 fully saturated rings. The monoisotopic (exact) mass is 427 g/mol. The van der Waals surface area contributed by atoms with Gasteiger partial charge in [0.25, 0.3) is 0 Å². The second kappa shape index (κ2) is 8.79. The van der Waals surface area contributed by atoms with Crippen LogP contribution in [0.25, 0.3) is 11.5 Å². The second-order valence-electron chi connectivity index (χ2n) is 7.70. The summed E-state index contributed by atoms with van der Waals surface area (Å²) in [6.45, 7) is 2.79. The van der Waals surface area contributed by atoms with E-state index < -0.39 is 18.1 Å². The summed E-state index contributed by atoms with van der Waals surface area (Å²) in [5.41, 5.74) is 1.49. The number of carbonyl (C=O) groups is 3. The molecule has 1 atom stereocenters. The second-order valence-corrected chi connectivity index (χ2v) is 7.70. The number of esters is 1. The number of aromatic nitrogens is 1. The van der Waals surface area contributed by atoms with Gasteiger partial charge in [-0.25, -0.2) is 14.6 Å². The number of methoxy groups -OCH3 is 1. The van der Waals surface area contributed by atoms with Crippen LogP contribution in [0.2, 0.25) is 0 Å². The minimum absolute atomic E-state index is 0.000164. The number of carbonyl (C=O) groups excluding carboxylic acids is 3. The van der Waals surface area contributed by atoms with Gasteiger partial charge in [-0.05, 0) is 31.9 Å². The summed E-state index contributed by atoms with van der Waals surface area (Å²) >= 11 is 0. The number of hydrogen-bond acceptors (Lipinski definition) is 7. The van der Waals surface area contributed by atoms with Gasteiger partial charge in [0.2, 0.25) is 11.8 Å². The van der Waals surface area contributed by atoms with Gasteiger partial charge in [-0.1, -0.05) is 18.2 Å². The van der Waals surface area contributed by atoms with Crippen LogP contribution in [0.5, 0.6) is 0 Å². The van der Waals surface area contributed by atoms with Gasteiger partial charge in [0.1, 0.15) is 12.4 Å². The third-order valence-electron chi connectivity index (χ3n) is 5.83. The number of piperidine rings is 1. The first-order chi connectivity index (χ1) is 15.0. The Morgan fingerprint density at radius 2 is 1.90 bits per heavy atom. The van der Waals surface area contributed by atoms with Gasteiger partial charge in [0.05, 0.1) is 19.2 Å². The maximum absolute atomic E-state index is 12.8. The Morgan fingerprint density at radius 3 is 2.58 bits per heavy atom. The van der Waals surface area contributed by atoms with E-state index in [1.54, 1.807) is 11.8 Å². The largest absolute Gasteiger partial charge is 0.467 e. The zero-order valence-electron chi connectivity index (χ0n) is 17.6. The first kappa shape index (κ1) is 20.9. The molecular formula is C22H25N3O6. The first-order valence-corrected chi connectivity index (χ1v) is 10.3. The molecule has 0 aliphatic carbocycles. The molecule has 0 saturated carbocycles. The zero-order valence-corrected chi connectivity index (χ0v) is 17.6. The Labute approximate surface area is 179 Å². The highest BCUT2D eigenvalue weighted by Gasteiger charge is 2.44. The van der Waals surface area contributed by atoms with E-state index >= 15 is 0 Å². The number of oxazole rings is 1. The lowest BCUT2D eigenvalue weighted by atomic mass is 10.0. The number of cyclic esters (lactones) is 1. The molecule has 4 rings (SSSR count). The van der Waals surface area contributed by atoms with Crippen molar-refractivity contribution in [2.45, 2.75) is 38.3 Å². The van der Waals surface area contributed by atoms with Gasteiger partial charge in [-0.3, -0.25) is 9.69 Å². The Bertz CT molecular complexity index is 965. The topological polar surface area (TPSA) is 102 Å². The molecule has 0 bridgehead atoms. The number of benzene rings is 1. The summed E-state index contributed by atoms with van der Waals surface area (Å²) in [6.07, 6.45) is 0.790. The molecule has 9 nitrogen and oxygen atoms in total. The Kier molecular flexibility index (Phi) is 5.92. The predicted molar refractivity (Wildman–Crippen MR) is 109 cm³/mol. The highest BCUT2D eigenvalue weighted by atomic mass is 16.6. The number of aryl methyl sites for hydroxylation is 1. The number of amides is 2. The molecule has 164 valence electrons. The molecule has 1 aromatic carbocycles. The van der Waals surface area contributed by atoms with Crippen LogP contribution in [0, 0.1) is 6.92 Å². The van der Waals surface area contributed by atoms with Crippen molar-refractivity contribution in [1.82, 2.24) is 14.8 Å². The van der Waals surface area contributed by atoms with Gasteiger partial charge in [0.15, 0.2) is 6.04 Å². The molecule has 3 heterocycles. The van der Waals surface area contributed by atoms with Crippen LogP contribution in [0.1, 0.15) is 24.3 Å². The Balaban J connectivity index is 1.36. The van der Waals surface area contributed by atoms with E-state index in [0.29, 0.717) is 43.3 Å². The van der Waals surface area contributed by atoms with E-state index in [1.807, 2.05) is 30.3 Å². The fourth-order valence-electron chi connectivity index (χ4n) is 4.10. The lowest BCUT2D eigenvalue weighted by Crippen LogP contribution is -2.52. The fourth-order valence-corrected chi connectivity index (χ4v) is 4.10. The molecule has 0 N–H and O–H groups in total. The molecule has 2 aliphatic heterocycles. The minimum atomic E-state index is -0.723. The van der Waals surface area contributed by atoms with Crippen molar-refractivity contribution in [2.24, 2.45) is 0 Å². The zero-order chi connectivity index (χ0) is 22.0. The van der Waals surface area contributed by atoms with E-state index in [4.69, 9.17) is 13.9 Å². The van der Waals surface area contributed by atoms with Crippen molar-refractivity contribution in [2.75, 3.05) is 26.8 Å². The molecule has 2 aromatic rings. The summed E-state index contributed by atoms with van der Waals surface area (Å²) in [4.78, 5) is 44.6. The standard InChI is InChI=1S/C22H25N3O6/c1-14-17(23-20(31-14)15-6-4-3-5-7-15)12-19(26)24-10-8-16(9-11-24)25-18(21(27)29-2)13-30-22(25)28/h3-7,16,18H,8-13H2,1-2H3/t18-/m1/s1. The number of likely N-dealkylation sites (tertiary alicyclic amines) is 1. The highest BCUT2D eigenvalue weighted by Crippen LogP contribution is 2.26. The van der Waals surface area contributed by atoms with E-state index in [9.17, 15) is 14.4 Å². The van der Waals surface area contributed by atoms with Gasteiger partial charge >= 0.3 is 12.1 Å². The summed E-state index contributed by atoms with van der Waals surface area (Å²) in [6, 6.07) is 8.66. The van der Waals surface area contributed by atoms with E-state index in [0.717, 1.165) is 5.56 Å². The Hall–Kier alpha value is -3.36. The van der Waals surface area contributed by atoms with Crippen molar-refractivity contribution >= 4 is 18.0 Å². The molecule has 2 aliphatic rings. The molecule has 31 heavy (non-hydrogen) atoms. The molecule has 1 aromatic heterocycles. The van der Waals surface area contributed by atoms with Crippen molar-refractivity contribution in [3.8, 4) is 11.5 Å². The van der Waals surface area contributed by atoms with Crippen molar-refractivity contribution in [1.29, 1.82) is 0 Å². The van der Waals surface area contributed by atoms with Crippen LogP contribution in [0.3, 0.4) is 0 Å². The van der Waals surface area contributed by atoms with Crippen LogP contribution >= 0.6 is 0 Å². The number of rotatable bonds is 5. The molecular weight excluding hydrogens is 402 g/mol. The van der Waals surface area contributed by atoms with Crippen molar-refractivity contribution in [3.05, 3.63) is 41.8 Å². The minimum Gasteiger partial charge on any atom is -0.467 e. The molecule has 0 spiro atoms. The lowest BCUT2D eigenvalue weighted by molar-refractivity contribution is -0.146. The maximum atomic E-state index is 12.8. The molecule has 0 radical (unpaired) electrons. The molecule has 2 saturated heterocycles. The average Bonchev–Trinajstić information content (AvgIpc) is 3.36. The van der Waals surface area contributed by atoms with Gasteiger partial charge in [-0.2, -0.15) is 0 Å². The van der Waals surface area contributed by atoms with E-state index in [2.05, 4.69) is 4.98 Å². The Morgan fingerprint density at radius 1 is 1.19 bits per heavy atom. The third-order valence-corrected chi connectivity index (χ3v) is 5.83. The van der Waals surface area contributed by atoms with Gasteiger partial charge in [0, 0.05) is 24.7 Å². The number of hydrogen-bond donors (Lipinski definition) is 0. The van der Waals surface area contributed by atoms with Crippen LogP contribution in [0.15, 0.2) is 34.7 Å².